The topological polar surface area (TPSA) is 49.4 Å². The van der Waals surface area contributed by atoms with Crippen LogP contribution in [0.25, 0.3) is 0 Å². The van der Waals surface area contributed by atoms with Crippen LogP contribution < -0.4 is 5.32 Å². The first kappa shape index (κ1) is 14.9. The Morgan fingerprint density at radius 2 is 2.18 bits per heavy atom. The summed E-state index contributed by atoms with van der Waals surface area (Å²) < 4.78 is 25.9. The summed E-state index contributed by atoms with van der Waals surface area (Å²) in [5.41, 5.74) is 0. The van der Waals surface area contributed by atoms with Gasteiger partial charge in [-0.1, -0.05) is 13.3 Å². The molecule has 1 fully saturated rings. The van der Waals surface area contributed by atoms with Gasteiger partial charge in [0.2, 0.25) is 10.0 Å². The van der Waals surface area contributed by atoms with Crippen molar-refractivity contribution in [3.63, 3.8) is 0 Å². The van der Waals surface area contributed by atoms with Crippen LogP contribution in [0.4, 0.5) is 0 Å². The highest BCUT2D eigenvalue weighted by atomic mass is 32.2. The van der Waals surface area contributed by atoms with E-state index in [1.165, 1.54) is 0 Å². The number of sulfonamides is 1. The molecule has 1 aliphatic heterocycles. The van der Waals surface area contributed by atoms with E-state index in [1.807, 2.05) is 14.0 Å². The monoisotopic (exact) mass is 262 g/mol. The third kappa shape index (κ3) is 4.23. The highest BCUT2D eigenvalue weighted by molar-refractivity contribution is 7.89. The summed E-state index contributed by atoms with van der Waals surface area (Å²) in [4.78, 5) is 0. The van der Waals surface area contributed by atoms with Gasteiger partial charge in [-0.15, -0.1) is 0 Å². The van der Waals surface area contributed by atoms with Crippen molar-refractivity contribution in [1.82, 2.24) is 9.62 Å². The molecular formula is C12H26N2O2S. The normalized spacial score (nSPS) is 24.8. The number of unbranched alkanes of at least 4 members (excludes halogenated alkanes) is 1. The van der Waals surface area contributed by atoms with Crippen LogP contribution in [0.15, 0.2) is 0 Å². The van der Waals surface area contributed by atoms with E-state index in [0.717, 1.165) is 25.7 Å². The van der Waals surface area contributed by atoms with Gasteiger partial charge in [-0.05, 0) is 39.2 Å². The first-order chi connectivity index (χ1) is 8.01. The average molecular weight is 262 g/mol. The third-order valence-corrected chi connectivity index (χ3v) is 5.66. The molecule has 0 aromatic heterocycles. The Hall–Kier alpha value is -0.130. The maximum absolute atomic E-state index is 12.1. The molecule has 0 aromatic rings. The summed E-state index contributed by atoms with van der Waals surface area (Å²) >= 11 is 0. The quantitative estimate of drug-likeness (QED) is 0.788. The third-order valence-electron chi connectivity index (χ3n) is 3.73. The van der Waals surface area contributed by atoms with E-state index in [4.69, 9.17) is 0 Å². The van der Waals surface area contributed by atoms with E-state index >= 15 is 0 Å². The molecule has 2 atom stereocenters. The van der Waals surface area contributed by atoms with Gasteiger partial charge in [-0.25, -0.2) is 12.7 Å². The second-order valence-electron chi connectivity index (χ2n) is 5.01. The van der Waals surface area contributed by atoms with Gasteiger partial charge in [0, 0.05) is 19.1 Å². The van der Waals surface area contributed by atoms with Gasteiger partial charge in [0.15, 0.2) is 0 Å². The van der Waals surface area contributed by atoms with Crippen molar-refractivity contribution in [2.24, 2.45) is 5.92 Å². The molecule has 1 rings (SSSR count). The Balaban J connectivity index is 2.59. The molecule has 5 heteroatoms. The van der Waals surface area contributed by atoms with Gasteiger partial charge < -0.3 is 5.32 Å². The number of piperidine rings is 1. The van der Waals surface area contributed by atoms with Crippen molar-refractivity contribution in [3.05, 3.63) is 0 Å². The predicted octanol–water partition coefficient (Wildman–Crippen LogP) is 1.44. The van der Waals surface area contributed by atoms with Crippen LogP contribution in [-0.2, 0) is 10.0 Å². The van der Waals surface area contributed by atoms with E-state index in [9.17, 15) is 8.42 Å². The molecule has 0 spiro atoms. The maximum Gasteiger partial charge on any atom is 0.214 e. The van der Waals surface area contributed by atoms with E-state index in [0.29, 0.717) is 30.8 Å². The number of rotatable bonds is 6. The standard InChI is InChI=1S/C12H26N2O2S/c1-4-5-9-17(15,16)14-8-6-7-12(10-14)11(2)13-3/h11-13H,4-10H2,1-3H3. The van der Waals surface area contributed by atoms with Gasteiger partial charge in [-0.2, -0.15) is 0 Å². The zero-order valence-corrected chi connectivity index (χ0v) is 12.1. The molecular weight excluding hydrogens is 236 g/mol. The summed E-state index contributed by atoms with van der Waals surface area (Å²) in [6.45, 7) is 5.55. The van der Waals surface area contributed by atoms with Crippen molar-refractivity contribution < 1.29 is 8.42 Å². The molecule has 1 heterocycles. The number of nitrogens with zero attached hydrogens (tertiary/aromatic N) is 1. The minimum Gasteiger partial charge on any atom is -0.317 e. The van der Waals surface area contributed by atoms with Gasteiger partial charge in [0.25, 0.3) is 0 Å². The van der Waals surface area contributed by atoms with Crippen LogP contribution in [0, 0.1) is 5.92 Å². The smallest absolute Gasteiger partial charge is 0.214 e. The van der Waals surface area contributed by atoms with E-state index in [1.54, 1.807) is 4.31 Å². The fourth-order valence-electron chi connectivity index (χ4n) is 2.33. The lowest BCUT2D eigenvalue weighted by Crippen LogP contribution is -2.46. The van der Waals surface area contributed by atoms with Crippen molar-refractivity contribution in [1.29, 1.82) is 0 Å². The lowest BCUT2D eigenvalue weighted by atomic mass is 9.93. The Morgan fingerprint density at radius 3 is 2.76 bits per heavy atom. The zero-order valence-electron chi connectivity index (χ0n) is 11.3. The first-order valence-corrected chi connectivity index (χ1v) is 8.27. The predicted molar refractivity (Wildman–Crippen MR) is 71.5 cm³/mol. The molecule has 0 aromatic carbocycles. The Labute approximate surface area is 106 Å². The van der Waals surface area contributed by atoms with Crippen LogP contribution in [0.1, 0.15) is 39.5 Å². The molecule has 4 nitrogen and oxygen atoms in total. The van der Waals surface area contributed by atoms with Crippen LogP contribution in [0.2, 0.25) is 0 Å². The molecule has 1 saturated heterocycles. The fraction of sp³-hybridized carbons (Fsp3) is 1.00. The molecule has 0 radical (unpaired) electrons. The summed E-state index contributed by atoms with van der Waals surface area (Å²) in [5.74, 6) is 0.759. The maximum atomic E-state index is 12.1. The SMILES string of the molecule is CCCCS(=O)(=O)N1CCCC(C(C)NC)C1. The minimum absolute atomic E-state index is 0.310. The molecule has 0 amide bonds. The number of hydrogen-bond acceptors (Lipinski definition) is 3. The molecule has 0 saturated carbocycles. The lowest BCUT2D eigenvalue weighted by Gasteiger charge is -2.34. The number of hydrogen-bond donors (Lipinski definition) is 1. The molecule has 1 N–H and O–H groups in total. The van der Waals surface area contributed by atoms with Crippen molar-refractivity contribution in [3.8, 4) is 0 Å². The summed E-state index contributed by atoms with van der Waals surface area (Å²) in [7, 11) is -1.07. The van der Waals surface area contributed by atoms with Gasteiger partial charge in [0.1, 0.15) is 0 Å². The van der Waals surface area contributed by atoms with Crippen LogP contribution in [-0.4, -0.2) is 44.7 Å². The summed E-state index contributed by atoms with van der Waals surface area (Å²) in [5, 5.41) is 3.23. The van der Waals surface area contributed by atoms with E-state index in [-0.39, 0.29) is 0 Å². The van der Waals surface area contributed by atoms with Crippen LogP contribution in [0.3, 0.4) is 0 Å². The second-order valence-corrected chi connectivity index (χ2v) is 7.10. The van der Waals surface area contributed by atoms with Gasteiger partial charge in [0.05, 0.1) is 5.75 Å². The molecule has 1 aliphatic rings. The number of nitrogens with one attached hydrogen (secondary N) is 1. The molecule has 102 valence electrons. The zero-order chi connectivity index (χ0) is 12.9. The lowest BCUT2D eigenvalue weighted by molar-refractivity contribution is 0.229. The molecule has 0 aliphatic carbocycles. The van der Waals surface area contributed by atoms with Gasteiger partial charge in [-0.3, -0.25) is 0 Å². The van der Waals surface area contributed by atoms with Gasteiger partial charge >= 0.3 is 0 Å². The van der Waals surface area contributed by atoms with E-state index in [2.05, 4.69) is 12.2 Å². The van der Waals surface area contributed by atoms with Crippen LogP contribution >= 0.6 is 0 Å². The first-order valence-electron chi connectivity index (χ1n) is 6.66. The highest BCUT2D eigenvalue weighted by Gasteiger charge is 2.30. The van der Waals surface area contributed by atoms with E-state index < -0.39 is 10.0 Å². The fourth-order valence-corrected chi connectivity index (χ4v) is 4.06. The molecule has 0 bridgehead atoms. The minimum atomic E-state index is -3.01. The van der Waals surface area contributed by atoms with Crippen molar-refractivity contribution in [2.45, 2.75) is 45.6 Å². The Bertz CT molecular complexity index is 316. The molecule has 17 heavy (non-hydrogen) atoms. The highest BCUT2D eigenvalue weighted by Crippen LogP contribution is 2.22. The molecule has 2 unspecified atom stereocenters. The summed E-state index contributed by atoms with van der Waals surface area (Å²) in [6, 6.07) is 0.388. The van der Waals surface area contributed by atoms with Crippen molar-refractivity contribution >= 4 is 10.0 Å². The summed E-state index contributed by atoms with van der Waals surface area (Å²) in [6.07, 6.45) is 3.82. The Morgan fingerprint density at radius 1 is 1.47 bits per heavy atom. The second kappa shape index (κ2) is 6.71. The van der Waals surface area contributed by atoms with Crippen molar-refractivity contribution in [2.75, 3.05) is 25.9 Å². The van der Waals surface area contributed by atoms with Crippen LogP contribution in [0.5, 0.6) is 0 Å². The largest absolute Gasteiger partial charge is 0.317 e. The average Bonchev–Trinajstić information content (AvgIpc) is 2.35. The Kier molecular flexibility index (Phi) is 5.89.